The average Bonchev–Trinajstić information content (AvgIpc) is 2.82. The molecule has 0 bridgehead atoms. The molecule has 4 aromatic carbocycles. The highest BCUT2D eigenvalue weighted by Crippen LogP contribution is 2.28. The van der Waals surface area contributed by atoms with Crippen LogP contribution in [0.2, 0.25) is 0 Å². The maximum Gasteiger partial charge on any atom is 0.146 e. The van der Waals surface area contributed by atoms with Crippen molar-refractivity contribution in [1.29, 1.82) is 5.26 Å². The molecule has 32 heavy (non-hydrogen) atoms. The van der Waals surface area contributed by atoms with Gasteiger partial charge < -0.3 is 0 Å². The van der Waals surface area contributed by atoms with Crippen molar-refractivity contribution >= 4 is 10.8 Å². The van der Waals surface area contributed by atoms with Crippen molar-refractivity contribution < 1.29 is 8.78 Å². The van der Waals surface area contributed by atoms with Gasteiger partial charge in [0.25, 0.3) is 0 Å². The van der Waals surface area contributed by atoms with E-state index in [4.69, 9.17) is 5.26 Å². The zero-order valence-electron chi connectivity index (χ0n) is 17.3. The number of hydrogen-bond acceptors (Lipinski definition) is 1. The molecule has 0 heterocycles. The van der Waals surface area contributed by atoms with Gasteiger partial charge >= 0.3 is 0 Å². The van der Waals surface area contributed by atoms with Gasteiger partial charge in [0.2, 0.25) is 0 Å². The molecule has 1 nitrogen and oxygen atoms in total. The van der Waals surface area contributed by atoms with Crippen LogP contribution in [0, 0.1) is 34.8 Å². The van der Waals surface area contributed by atoms with Crippen LogP contribution in [0.1, 0.15) is 28.7 Å². The molecule has 0 saturated heterocycles. The van der Waals surface area contributed by atoms with Crippen molar-refractivity contribution in [2.75, 3.05) is 0 Å². The SMILES string of the molecule is C=CCCc1ccc(-c2ccc3c(F)c(C#Cc4ccc(C#N)c(F)c4)ccc3c2)cc1. The normalized spacial score (nSPS) is 10.3. The quantitative estimate of drug-likeness (QED) is 0.254. The van der Waals surface area contributed by atoms with E-state index in [0.717, 1.165) is 29.4 Å². The number of fused-ring (bicyclic) bond motifs is 1. The van der Waals surface area contributed by atoms with E-state index in [1.165, 1.54) is 17.7 Å². The van der Waals surface area contributed by atoms with Crippen LogP contribution in [0.3, 0.4) is 0 Å². The first-order valence-electron chi connectivity index (χ1n) is 10.2. The number of rotatable bonds is 4. The third-order valence-corrected chi connectivity index (χ3v) is 5.31. The summed E-state index contributed by atoms with van der Waals surface area (Å²) >= 11 is 0. The Morgan fingerprint density at radius 3 is 2.28 bits per heavy atom. The third-order valence-electron chi connectivity index (χ3n) is 5.31. The van der Waals surface area contributed by atoms with E-state index in [2.05, 4.69) is 42.7 Å². The molecule has 0 aromatic heterocycles. The van der Waals surface area contributed by atoms with Crippen molar-refractivity contribution in [3.05, 3.63) is 119 Å². The molecule has 154 valence electrons. The maximum absolute atomic E-state index is 15.0. The molecule has 0 amide bonds. The average molecular weight is 419 g/mol. The van der Waals surface area contributed by atoms with Gasteiger partial charge in [0.15, 0.2) is 0 Å². The molecule has 0 saturated carbocycles. The molecular weight excluding hydrogens is 400 g/mol. The van der Waals surface area contributed by atoms with Crippen LogP contribution in [0.15, 0.2) is 85.5 Å². The van der Waals surface area contributed by atoms with Crippen LogP contribution in [0.25, 0.3) is 21.9 Å². The second-order valence-corrected chi connectivity index (χ2v) is 7.44. The van der Waals surface area contributed by atoms with Gasteiger partial charge in [-0.25, -0.2) is 8.78 Å². The summed E-state index contributed by atoms with van der Waals surface area (Å²) in [5, 5.41) is 10.1. The molecule has 0 unspecified atom stereocenters. The summed E-state index contributed by atoms with van der Waals surface area (Å²) in [5.74, 6) is 4.50. The molecule has 0 aliphatic carbocycles. The first-order valence-corrected chi connectivity index (χ1v) is 10.2. The Morgan fingerprint density at radius 1 is 0.812 bits per heavy atom. The van der Waals surface area contributed by atoms with E-state index >= 15 is 4.39 Å². The Labute approximate surface area is 186 Å². The monoisotopic (exact) mass is 419 g/mol. The number of nitrogens with zero attached hydrogens (tertiary/aromatic N) is 1. The Bertz CT molecular complexity index is 1410. The highest BCUT2D eigenvalue weighted by molar-refractivity contribution is 5.89. The van der Waals surface area contributed by atoms with Crippen molar-refractivity contribution in [2.24, 2.45) is 0 Å². The zero-order chi connectivity index (χ0) is 22.5. The lowest BCUT2D eigenvalue weighted by Gasteiger charge is -2.07. The van der Waals surface area contributed by atoms with Gasteiger partial charge in [0, 0.05) is 10.9 Å². The molecular formula is C29H19F2N. The molecule has 4 aromatic rings. The molecule has 0 atom stereocenters. The van der Waals surface area contributed by atoms with E-state index in [1.54, 1.807) is 24.3 Å². The van der Waals surface area contributed by atoms with Crippen LogP contribution in [0.4, 0.5) is 8.78 Å². The fourth-order valence-electron chi connectivity index (χ4n) is 3.52. The minimum absolute atomic E-state index is 0.0466. The molecule has 4 rings (SSSR count). The fraction of sp³-hybridized carbons (Fsp3) is 0.0690. The predicted molar refractivity (Wildman–Crippen MR) is 125 cm³/mol. The van der Waals surface area contributed by atoms with Gasteiger partial charge in [0.1, 0.15) is 17.7 Å². The molecule has 0 radical (unpaired) electrons. The van der Waals surface area contributed by atoms with Gasteiger partial charge in [0.05, 0.1) is 11.1 Å². The lowest BCUT2D eigenvalue weighted by atomic mass is 9.98. The lowest BCUT2D eigenvalue weighted by Crippen LogP contribution is -1.89. The summed E-state index contributed by atoms with van der Waals surface area (Å²) < 4.78 is 28.8. The fourth-order valence-corrected chi connectivity index (χ4v) is 3.52. The smallest absolute Gasteiger partial charge is 0.146 e. The number of halogens is 2. The molecule has 0 N–H and O–H groups in total. The van der Waals surface area contributed by atoms with Crippen molar-refractivity contribution in [3.8, 4) is 29.0 Å². The molecule has 0 spiro atoms. The van der Waals surface area contributed by atoms with E-state index in [1.807, 2.05) is 24.3 Å². The molecule has 0 aliphatic rings. The number of hydrogen-bond donors (Lipinski definition) is 0. The maximum atomic E-state index is 15.0. The third kappa shape index (κ3) is 4.43. The summed E-state index contributed by atoms with van der Waals surface area (Å²) in [6.45, 7) is 3.76. The van der Waals surface area contributed by atoms with Gasteiger partial charge in [-0.1, -0.05) is 60.4 Å². The second kappa shape index (κ2) is 9.29. The number of benzene rings is 4. The van der Waals surface area contributed by atoms with E-state index in [-0.39, 0.29) is 11.1 Å². The standard InChI is InChI=1S/C29H19F2N/c1-2-3-4-20-5-9-22(10-6-20)24-15-16-27-25(18-24)14-13-23(29(27)31)11-7-21-8-12-26(19-32)28(30)17-21/h2,5-6,8-10,12-18H,1,3-4H2. The number of nitriles is 1. The molecule has 3 heteroatoms. The van der Waals surface area contributed by atoms with Crippen LogP contribution in [0.5, 0.6) is 0 Å². The first kappa shape index (κ1) is 21.0. The highest BCUT2D eigenvalue weighted by atomic mass is 19.1. The summed E-state index contributed by atoms with van der Waals surface area (Å²) in [6.07, 6.45) is 3.82. The lowest BCUT2D eigenvalue weighted by molar-refractivity contribution is 0.623. The Morgan fingerprint density at radius 2 is 1.56 bits per heavy atom. The van der Waals surface area contributed by atoms with E-state index in [0.29, 0.717) is 10.9 Å². The minimum atomic E-state index is -0.639. The van der Waals surface area contributed by atoms with Gasteiger partial charge in [-0.3, -0.25) is 0 Å². The second-order valence-electron chi connectivity index (χ2n) is 7.44. The van der Waals surface area contributed by atoms with Crippen molar-refractivity contribution in [3.63, 3.8) is 0 Å². The largest absolute Gasteiger partial charge is 0.206 e. The van der Waals surface area contributed by atoms with Crippen LogP contribution >= 0.6 is 0 Å². The van der Waals surface area contributed by atoms with E-state index in [9.17, 15) is 4.39 Å². The Balaban J connectivity index is 1.62. The highest BCUT2D eigenvalue weighted by Gasteiger charge is 2.08. The molecule has 0 aliphatic heterocycles. The van der Waals surface area contributed by atoms with Crippen molar-refractivity contribution in [1.82, 2.24) is 0 Å². The van der Waals surface area contributed by atoms with Crippen LogP contribution < -0.4 is 0 Å². The van der Waals surface area contributed by atoms with E-state index < -0.39 is 11.6 Å². The summed E-state index contributed by atoms with van der Waals surface area (Å²) in [4.78, 5) is 0. The van der Waals surface area contributed by atoms with Gasteiger partial charge in [-0.2, -0.15) is 5.26 Å². The first-order chi connectivity index (χ1) is 15.6. The summed E-state index contributed by atoms with van der Waals surface area (Å²) in [6, 6.07) is 23.3. The summed E-state index contributed by atoms with van der Waals surface area (Å²) in [5.41, 5.74) is 3.91. The zero-order valence-corrected chi connectivity index (χ0v) is 17.3. The Kier molecular flexibility index (Phi) is 6.11. The van der Waals surface area contributed by atoms with Crippen LogP contribution in [-0.2, 0) is 6.42 Å². The van der Waals surface area contributed by atoms with Gasteiger partial charge in [-0.15, -0.1) is 6.58 Å². The number of allylic oxidation sites excluding steroid dienone is 1. The summed E-state index contributed by atoms with van der Waals surface area (Å²) in [7, 11) is 0. The number of aryl methyl sites for hydroxylation is 1. The Hall–Kier alpha value is -4.21. The molecule has 0 fully saturated rings. The van der Waals surface area contributed by atoms with Crippen molar-refractivity contribution in [2.45, 2.75) is 12.8 Å². The predicted octanol–water partition coefficient (Wildman–Crippen LogP) is 7.18. The van der Waals surface area contributed by atoms with Gasteiger partial charge in [-0.05, 0) is 65.3 Å². The van der Waals surface area contributed by atoms with Crippen LogP contribution in [-0.4, -0.2) is 0 Å². The minimum Gasteiger partial charge on any atom is -0.206 e. The topological polar surface area (TPSA) is 23.8 Å².